The molecule has 4 rings (SSSR count). The van der Waals surface area contributed by atoms with Gasteiger partial charge < -0.3 is 19.1 Å². The third-order valence-electron chi connectivity index (χ3n) is 5.79. The zero-order valence-corrected chi connectivity index (χ0v) is 17.5. The number of likely N-dealkylation sites (tertiary alicyclic amines) is 1. The van der Waals surface area contributed by atoms with Gasteiger partial charge in [-0.15, -0.1) is 0 Å². The minimum atomic E-state index is -0.657. The van der Waals surface area contributed by atoms with E-state index in [1.165, 1.54) is 5.56 Å². The van der Waals surface area contributed by atoms with Crippen LogP contribution in [-0.2, 0) is 11.2 Å². The Bertz CT molecular complexity index is 939. The largest absolute Gasteiger partial charge is 0.497 e. The first kappa shape index (κ1) is 20.3. The number of Topliss-reactive ketones (excluding diaryl/α,β-unsaturated/α-hetero) is 1. The molecule has 1 fully saturated rings. The van der Waals surface area contributed by atoms with Crippen LogP contribution in [0.15, 0.2) is 42.5 Å². The summed E-state index contributed by atoms with van der Waals surface area (Å²) in [6, 6.07) is 13.1. The molecule has 6 nitrogen and oxygen atoms in total. The van der Waals surface area contributed by atoms with Crippen molar-refractivity contribution in [3.05, 3.63) is 53.6 Å². The number of aryl methyl sites for hydroxylation is 1. The Morgan fingerprint density at radius 3 is 2.67 bits per heavy atom. The highest BCUT2D eigenvalue weighted by Crippen LogP contribution is 2.40. The van der Waals surface area contributed by atoms with Gasteiger partial charge in [0.05, 0.1) is 25.6 Å². The van der Waals surface area contributed by atoms with E-state index < -0.39 is 5.60 Å². The van der Waals surface area contributed by atoms with E-state index in [2.05, 4.69) is 6.92 Å². The quantitative estimate of drug-likeness (QED) is 0.729. The topological polar surface area (TPSA) is 65.1 Å². The molecule has 2 aliphatic rings. The van der Waals surface area contributed by atoms with Crippen molar-refractivity contribution in [1.29, 1.82) is 0 Å². The van der Waals surface area contributed by atoms with E-state index in [-0.39, 0.29) is 24.7 Å². The number of fused-ring (bicyclic) bond motifs is 1. The van der Waals surface area contributed by atoms with Crippen molar-refractivity contribution < 1.29 is 23.8 Å². The second kappa shape index (κ2) is 8.38. The molecule has 1 unspecified atom stereocenters. The van der Waals surface area contributed by atoms with E-state index in [4.69, 9.17) is 14.2 Å². The third-order valence-corrected chi connectivity index (χ3v) is 5.79. The molecule has 30 heavy (non-hydrogen) atoms. The monoisotopic (exact) mass is 409 g/mol. The molecule has 6 heteroatoms. The van der Waals surface area contributed by atoms with Crippen molar-refractivity contribution in [1.82, 2.24) is 4.90 Å². The normalized spacial score (nSPS) is 20.1. The summed E-state index contributed by atoms with van der Waals surface area (Å²) < 4.78 is 17.1. The van der Waals surface area contributed by atoms with Gasteiger partial charge in [-0.05, 0) is 42.3 Å². The van der Waals surface area contributed by atoms with E-state index in [1.54, 1.807) is 30.2 Å². The summed E-state index contributed by atoms with van der Waals surface area (Å²) in [5.41, 5.74) is 1.14. The third kappa shape index (κ3) is 4.13. The highest BCUT2D eigenvalue weighted by atomic mass is 16.5. The number of rotatable bonds is 6. The molecule has 0 aliphatic carbocycles. The number of amides is 1. The van der Waals surface area contributed by atoms with Crippen LogP contribution in [0.3, 0.4) is 0 Å². The van der Waals surface area contributed by atoms with Gasteiger partial charge in [0.15, 0.2) is 12.4 Å². The van der Waals surface area contributed by atoms with Crippen molar-refractivity contribution in [3.63, 3.8) is 0 Å². The van der Waals surface area contributed by atoms with Gasteiger partial charge in [-0.3, -0.25) is 9.59 Å². The van der Waals surface area contributed by atoms with Crippen molar-refractivity contribution in [3.8, 4) is 17.2 Å². The Morgan fingerprint density at radius 2 is 1.93 bits per heavy atom. The first-order valence-electron chi connectivity index (χ1n) is 10.4. The van der Waals surface area contributed by atoms with Crippen molar-refractivity contribution >= 4 is 11.7 Å². The van der Waals surface area contributed by atoms with Gasteiger partial charge in [0.25, 0.3) is 5.91 Å². The van der Waals surface area contributed by atoms with Gasteiger partial charge in [0.1, 0.15) is 22.8 Å². The first-order chi connectivity index (χ1) is 14.5. The molecule has 1 saturated heterocycles. The molecule has 0 radical (unpaired) electrons. The molecule has 1 atom stereocenters. The molecule has 0 bridgehead atoms. The number of benzene rings is 2. The smallest absolute Gasteiger partial charge is 0.260 e. The summed E-state index contributed by atoms with van der Waals surface area (Å²) in [7, 11) is 1.57. The Balaban J connectivity index is 1.36. The summed E-state index contributed by atoms with van der Waals surface area (Å²) in [5, 5.41) is 0. The number of ether oxygens (including phenoxy) is 3. The summed E-state index contributed by atoms with van der Waals surface area (Å²) in [4.78, 5) is 27.1. The van der Waals surface area contributed by atoms with Crippen LogP contribution in [0.5, 0.6) is 17.2 Å². The first-order valence-corrected chi connectivity index (χ1v) is 10.4. The maximum Gasteiger partial charge on any atom is 0.260 e. The van der Waals surface area contributed by atoms with E-state index in [9.17, 15) is 9.59 Å². The zero-order chi connectivity index (χ0) is 21.1. The fourth-order valence-electron chi connectivity index (χ4n) is 4.16. The van der Waals surface area contributed by atoms with Gasteiger partial charge in [0, 0.05) is 13.0 Å². The lowest BCUT2D eigenvalue weighted by Crippen LogP contribution is -2.45. The summed E-state index contributed by atoms with van der Waals surface area (Å²) in [6.45, 7) is 3.06. The highest BCUT2D eigenvalue weighted by molar-refractivity contribution is 6.01. The molecule has 2 aliphatic heterocycles. The Morgan fingerprint density at radius 1 is 1.17 bits per heavy atom. The summed E-state index contributed by atoms with van der Waals surface area (Å²) in [5.74, 6) is 1.80. The molecule has 0 N–H and O–H groups in total. The van der Waals surface area contributed by atoms with Crippen LogP contribution in [0.25, 0.3) is 0 Å². The number of hydrogen-bond acceptors (Lipinski definition) is 5. The second-order valence-corrected chi connectivity index (χ2v) is 8.00. The molecule has 0 aromatic heterocycles. The molecule has 2 heterocycles. The van der Waals surface area contributed by atoms with Crippen molar-refractivity contribution in [2.75, 3.05) is 26.8 Å². The molecule has 1 amide bonds. The van der Waals surface area contributed by atoms with E-state index >= 15 is 0 Å². The maximum absolute atomic E-state index is 12.7. The van der Waals surface area contributed by atoms with E-state index in [0.717, 1.165) is 12.8 Å². The average molecular weight is 409 g/mol. The molecule has 2 aromatic carbocycles. The average Bonchev–Trinajstić information content (AvgIpc) is 3.16. The second-order valence-electron chi connectivity index (χ2n) is 8.00. The Kier molecular flexibility index (Phi) is 5.66. The number of nitrogens with zero attached hydrogens (tertiary/aromatic N) is 1. The number of methoxy groups -OCH3 is 1. The maximum atomic E-state index is 12.7. The molecule has 2 aromatic rings. The standard InChI is InChI=1S/C24H27NO5/c1-3-4-17-5-7-18(8-6-17)29-15-23(27)25-12-11-24(16-25)14-21(26)20-13-19(28-2)9-10-22(20)30-24/h5-10,13H,3-4,11-12,14-16H2,1-2H3. The Hall–Kier alpha value is -3.02. The molecule has 1 spiro atoms. The number of carbonyl (C=O) groups is 2. The lowest BCUT2D eigenvalue weighted by Gasteiger charge is -2.34. The van der Waals surface area contributed by atoms with Gasteiger partial charge in [-0.1, -0.05) is 25.5 Å². The number of carbonyl (C=O) groups excluding carboxylic acids is 2. The van der Waals surface area contributed by atoms with Crippen LogP contribution in [0, 0.1) is 0 Å². The predicted molar refractivity (Wildman–Crippen MR) is 112 cm³/mol. The van der Waals surface area contributed by atoms with Gasteiger partial charge >= 0.3 is 0 Å². The van der Waals surface area contributed by atoms with Crippen LogP contribution in [0.2, 0.25) is 0 Å². The lowest BCUT2D eigenvalue weighted by molar-refractivity contribution is -0.133. The van der Waals surface area contributed by atoms with E-state index in [0.29, 0.717) is 42.3 Å². The van der Waals surface area contributed by atoms with Gasteiger partial charge in [0.2, 0.25) is 0 Å². The highest BCUT2D eigenvalue weighted by Gasteiger charge is 2.47. The van der Waals surface area contributed by atoms with Crippen LogP contribution in [0.1, 0.15) is 42.1 Å². The van der Waals surface area contributed by atoms with Crippen LogP contribution in [0.4, 0.5) is 0 Å². The lowest BCUT2D eigenvalue weighted by atomic mass is 9.89. The van der Waals surface area contributed by atoms with Crippen LogP contribution < -0.4 is 14.2 Å². The van der Waals surface area contributed by atoms with Crippen LogP contribution in [-0.4, -0.2) is 49.0 Å². The van der Waals surface area contributed by atoms with E-state index in [1.807, 2.05) is 24.3 Å². The molecule has 0 saturated carbocycles. The van der Waals surface area contributed by atoms with Gasteiger partial charge in [-0.2, -0.15) is 0 Å². The fraction of sp³-hybridized carbons (Fsp3) is 0.417. The molecule has 158 valence electrons. The Labute approximate surface area is 176 Å². The summed E-state index contributed by atoms with van der Waals surface area (Å²) in [6.07, 6.45) is 3.01. The van der Waals surface area contributed by atoms with Crippen LogP contribution >= 0.6 is 0 Å². The minimum absolute atomic E-state index is 0.0212. The van der Waals surface area contributed by atoms with Crippen molar-refractivity contribution in [2.45, 2.75) is 38.2 Å². The number of hydrogen-bond donors (Lipinski definition) is 0. The SMILES string of the molecule is CCCc1ccc(OCC(=O)N2CCC3(CC(=O)c4cc(OC)ccc4O3)C2)cc1. The van der Waals surface area contributed by atoms with Gasteiger partial charge in [-0.25, -0.2) is 0 Å². The minimum Gasteiger partial charge on any atom is -0.497 e. The molecular formula is C24H27NO5. The predicted octanol–water partition coefficient (Wildman–Crippen LogP) is 3.66. The summed E-state index contributed by atoms with van der Waals surface area (Å²) >= 11 is 0. The van der Waals surface area contributed by atoms with Crippen molar-refractivity contribution in [2.24, 2.45) is 0 Å². The fourth-order valence-corrected chi connectivity index (χ4v) is 4.16. The number of ketones is 1. The molecular weight excluding hydrogens is 382 g/mol. The zero-order valence-electron chi connectivity index (χ0n) is 17.5.